The van der Waals surface area contributed by atoms with Crippen LogP contribution in [-0.2, 0) is 35.5 Å². The van der Waals surface area contributed by atoms with Gasteiger partial charge in [0.1, 0.15) is 5.00 Å². The molecule has 4 aromatic rings. The molecular formula is C28H29N5O5S2. The number of hydrogen-bond acceptors (Lipinski definition) is 9. The van der Waals surface area contributed by atoms with Crippen molar-refractivity contribution in [3.05, 3.63) is 81.9 Å². The normalized spacial score (nSPS) is 13.1. The lowest BCUT2D eigenvalue weighted by Gasteiger charge is -2.14. The van der Waals surface area contributed by atoms with Crippen molar-refractivity contribution < 1.29 is 23.5 Å². The first kappa shape index (κ1) is 27.7. The largest absolute Gasteiger partial charge is 0.462 e. The number of amides is 2. The quantitative estimate of drug-likeness (QED) is 0.193. The van der Waals surface area contributed by atoms with Crippen molar-refractivity contribution in [1.29, 1.82) is 0 Å². The molecule has 5 rings (SSSR count). The number of fused-ring (bicyclic) bond motifs is 1. The Morgan fingerprint density at radius 1 is 1.15 bits per heavy atom. The lowest BCUT2D eigenvalue weighted by atomic mass is 10.1. The molecule has 0 spiro atoms. The molecule has 0 fully saturated rings. The maximum atomic E-state index is 13.3. The number of nitrogens with zero attached hydrogens (tertiary/aromatic N) is 3. The van der Waals surface area contributed by atoms with Crippen molar-refractivity contribution in [1.82, 2.24) is 20.1 Å². The summed E-state index contributed by atoms with van der Waals surface area (Å²) >= 11 is 2.71. The first-order valence-corrected chi connectivity index (χ1v) is 14.7. The fraction of sp³-hybridized carbons (Fsp3) is 0.321. The first-order valence-electron chi connectivity index (χ1n) is 13.0. The van der Waals surface area contributed by atoms with Crippen LogP contribution in [0.15, 0.2) is 58.3 Å². The maximum absolute atomic E-state index is 13.3. The van der Waals surface area contributed by atoms with E-state index in [2.05, 4.69) is 20.8 Å². The maximum Gasteiger partial charge on any atom is 0.341 e. The smallest absolute Gasteiger partial charge is 0.341 e. The number of aromatic nitrogens is 3. The van der Waals surface area contributed by atoms with Gasteiger partial charge in [0.25, 0.3) is 5.91 Å². The number of carbonyl (C=O) groups is 3. The summed E-state index contributed by atoms with van der Waals surface area (Å²) in [4.78, 5) is 39.5. The summed E-state index contributed by atoms with van der Waals surface area (Å²) in [6, 6.07) is 13.0. The second-order valence-electron chi connectivity index (χ2n) is 9.16. The van der Waals surface area contributed by atoms with Gasteiger partial charge in [0.15, 0.2) is 16.7 Å². The highest BCUT2D eigenvalue weighted by atomic mass is 32.2. The van der Waals surface area contributed by atoms with Crippen LogP contribution in [0, 0.1) is 0 Å². The predicted molar refractivity (Wildman–Crippen MR) is 152 cm³/mol. The van der Waals surface area contributed by atoms with E-state index in [4.69, 9.17) is 9.15 Å². The molecule has 1 aliphatic rings. The van der Waals surface area contributed by atoms with Crippen LogP contribution >= 0.6 is 23.1 Å². The van der Waals surface area contributed by atoms with Gasteiger partial charge < -0.3 is 24.4 Å². The molecular weight excluding hydrogens is 550 g/mol. The number of carbonyl (C=O) groups excluding carboxylic acids is 3. The molecule has 1 aliphatic carbocycles. The van der Waals surface area contributed by atoms with Gasteiger partial charge in [-0.1, -0.05) is 42.1 Å². The van der Waals surface area contributed by atoms with Gasteiger partial charge in [-0.15, -0.1) is 21.5 Å². The Kier molecular flexibility index (Phi) is 8.66. The number of benzene rings is 1. The molecule has 10 nitrogen and oxygen atoms in total. The van der Waals surface area contributed by atoms with E-state index >= 15 is 0 Å². The minimum Gasteiger partial charge on any atom is -0.462 e. The second-order valence-corrected chi connectivity index (χ2v) is 11.6. The number of aryl methyl sites for hydroxylation is 1. The Balaban J connectivity index is 1.33. The molecule has 3 aromatic heterocycles. The summed E-state index contributed by atoms with van der Waals surface area (Å²) in [5.74, 6) is -0.269. The number of thioether (sulfide) groups is 1. The minimum absolute atomic E-state index is 0.129. The molecule has 0 aliphatic heterocycles. The van der Waals surface area contributed by atoms with Crippen LogP contribution < -0.4 is 10.6 Å². The van der Waals surface area contributed by atoms with E-state index in [1.54, 1.807) is 26.0 Å². The number of esters is 1. The molecule has 2 amide bonds. The van der Waals surface area contributed by atoms with Crippen molar-refractivity contribution in [2.24, 2.45) is 0 Å². The van der Waals surface area contributed by atoms with E-state index < -0.39 is 11.2 Å². The highest BCUT2D eigenvalue weighted by Crippen LogP contribution is 2.40. The predicted octanol–water partition coefficient (Wildman–Crippen LogP) is 4.70. The van der Waals surface area contributed by atoms with Crippen LogP contribution in [0.1, 0.15) is 63.0 Å². The van der Waals surface area contributed by atoms with Gasteiger partial charge in [0.2, 0.25) is 5.91 Å². The molecule has 1 aromatic carbocycles. The molecule has 0 saturated heterocycles. The molecule has 208 valence electrons. The Morgan fingerprint density at radius 2 is 1.98 bits per heavy atom. The van der Waals surface area contributed by atoms with Crippen LogP contribution in [0.25, 0.3) is 0 Å². The number of rotatable bonds is 11. The molecule has 0 saturated carbocycles. The van der Waals surface area contributed by atoms with Crippen molar-refractivity contribution >= 4 is 45.9 Å². The van der Waals surface area contributed by atoms with E-state index in [1.807, 2.05) is 34.9 Å². The molecule has 0 bridgehead atoms. The summed E-state index contributed by atoms with van der Waals surface area (Å²) in [6.45, 7) is 4.41. The Morgan fingerprint density at radius 3 is 2.73 bits per heavy atom. The fourth-order valence-electron chi connectivity index (χ4n) is 4.45. The fourth-order valence-corrected chi connectivity index (χ4v) is 6.60. The average Bonchev–Trinajstić information content (AvgIpc) is 3.74. The Labute approximate surface area is 239 Å². The molecule has 0 unspecified atom stereocenters. The van der Waals surface area contributed by atoms with Crippen LogP contribution in [0.3, 0.4) is 0 Å². The number of furan rings is 1. The summed E-state index contributed by atoms with van der Waals surface area (Å²) in [7, 11) is 0. The number of nitrogens with one attached hydrogen (secondary N) is 2. The summed E-state index contributed by atoms with van der Waals surface area (Å²) in [5.41, 5.74) is 2.49. The minimum atomic E-state index is -0.545. The second kappa shape index (κ2) is 12.5. The summed E-state index contributed by atoms with van der Waals surface area (Å²) in [5, 5.41) is 14.9. The van der Waals surface area contributed by atoms with Crippen molar-refractivity contribution in [3.63, 3.8) is 0 Å². The molecule has 3 heterocycles. The highest BCUT2D eigenvalue weighted by molar-refractivity contribution is 8.00. The van der Waals surface area contributed by atoms with E-state index in [1.165, 1.54) is 29.4 Å². The van der Waals surface area contributed by atoms with Gasteiger partial charge in [0, 0.05) is 4.88 Å². The van der Waals surface area contributed by atoms with E-state index in [-0.39, 0.29) is 30.7 Å². The zero-order chi connectivity index (χ0) is 28.1. The monoisotopic (exact) mass is 579 g/mol. The molecule has 12 heteroatoms. The standard InChI is InChI=1S/C28H29N5O5S2/c1-3-37-27(36)23-19-11-7-13-21(19)40-26(23)30-24(34)17(2)39-28-32-31-22(15-29-25(35)20-12-8-14-38-20)33(28)16-18-9-5-4-6-10-18/h4-6,8-10,12,14,17H,3,7,11,13,15-16H2,1-2H3,(H,29,35)(H,30,34)/t17-/m0/s1. The third-order valence-electron chi connectivity index (χ3n) is 6.42. The van der Waals surface area contributed by atoms with Crippen molar-refractivity contribution in [2.45, 2.75) is 56.6 Å². The Bertz CT molecular complexity index is 1500. The van der Waals surface area contributed by atoms with Gasteiger partial charge in [-0.2, -0.15) is 0 Å². The lowest BCUT2D eigenvalue weighted by Crippen LogP contribution is -2.25. The third-order valence-corrected chi connectivity index (χ3v) is 8.71. The number of ether oxygens (including phenoxy) is 1. The summed E-state index contributed by atoms with van der Waals surface area (Å²) < 4.78 is 12.3. The average molecular weight is 580 g/mol. The summed E-state index contributed by atoms with van der Waals surface area (Å²) in [6.07, 6.45) is 4.14. The third kappa shape index (κ3) is 6.13. The zero-order valence-electron chi connectivity index (χ0n) is 22.1. The molecule has 40 heavy (non-hydrogen) atoms. The van der Waals surface area contributed by atoms with Gasteiger partial charge in [-0.3, -0.25) is 9.59 Å². The van der Waals surface area contributed by atoms with Crippen molar-refractivity contribution in [2.75, 3.05) is 11.9 Å². The molecule has 1 atom stereocenters. The Hall–Kier alpha value is -3.90. The van der Waals surface area contributed by atoms with Crippen LogP contribution in [-0.4, -0.2) is 44.4 Å². The van der Waals surface area contributed by atoms with Crippen LogP contribution in [0.4, 0.5) is 5.00 Å². The van der Waals surface area contributed by atoms with E-state index in [0.717, 1.165) is 35.3 Å². The lowest BCUT2D eigenvalue weighted by molar-refractivity contribution is -0.115. The SMILES string of the molecule is CCOC(=O)c1c(NC(=O)[C@H](C)Sc2nnc(CNC(=O)c3ccco3)n2Cc2ccccc2)sc2c1CCC2. The molecule has 2 N–H and O–H groups in total. The first-order chi connectivity index (χ1) is 19.4. The number of hydrogen-bond donors (Lipinski definition) is 2. The van der Waals surface area contributed by atoms with Crippen LogP contribution in [0.5, 0.6) is 0 Å². The topological polar surface area (TPSA) is 128 Å². The van der Waals surface area contributed by atoms with Gasteiger partial charge in [0.05, 0.1) is 36.8 Å². The van der Waals surface area contributed by atoms with Gasteiger partial charge >= 0.3 is 5.97 Å². The van der Waals surface area contributed by atoms with E-state index in [0.29, 0.717) is 28.1 Å². The molecule has 0 radical (unpaired) electrons. The number of thiophene rings is 1. The van der Waals surface area contributed by atoms with Crippen LogP contribution in [0.2, 0.25) is 0 Å². The number of anilines is 1. The van der Waals surface area contributed by atoms with Gasteiger partial charge in [-0.25, -0.2) is 4.79 Å². The van der Waals surface area contributed by atoms with Gasteiger partial charge in [-0.05, 0) is 56.4 Å². The highest BCUT2D eigenvalue weighted by Gasteiger charge is 2.30. The van der Waals surface area contributed by atoms with Crippen molar-refractivity contribution in [3.8, 4) is 0 Å². The van der Waals surface area contributed by atoms with E-state index in [9.17, 15) is 14.4 Å². The zero-order valence-corrected chi connectivity index (χ0v) is 23.8.